The molecule has 10 nitrogen and oxygen atoms in total. The molecule has 2 bridgehead atoms. The average molecular weight is 657 g/mol. The fraction of sp³-hybridized carbons (Fsp3) is 0.645. The van der Waals surface area contributed by atoms with E-state index in [1.54, 1.807) is 27.7 Å². The molecule has 2 fully saturated rings. The van der Waals surface area contributed by atoms with E-state index in [0.717, 1.165) is 18.2 Å². The third kappa shape index (κ3) is 7.27. The van der Waals surface area contributed by atoms with Crippen molar-refractivity contribution < 1.29 is 50.5 Å². The van der Waals surface area contributed by atoms with Gasteiger partial charge in [-0.15, -0.1) is 13.2 Å². The van der Waals surface area contributed by atoms with Crippen molar-refractivity contribution in [2.24, 2.45) is 17.3 Å². The number of rotatable bonds is 2. The number of ether oxygens (including phenoxy) is 3. The number of nitrogens with zero attached hydrogens (tertiary/aromatic N) is 3. The Labute approximate surface area is 262 Å². The van der Waals surface area contributed by atoms with E-state index < -0.39 is 89.4 Å². The van der Waals surface area contributed by atoms with E-state index in [4.69, 9.17) is 9.47 Å². The summed E-state index contributed by atoms with van der Waals surface area (Å²) >= 11 is 0. The average Bonchev–Trinajstić information content (AvgIpc) is 3.58. The molecule has 1 aromatic heterocycles. The zero-order valence-electron chi connectivity index (χ0n) is 26.1. The van der Waals surface area contributed by atoms with Crippen molar-refractivity contribution in [1.82, 2.24) is 20.2 Å². The number of nitrogens with one attached hydrogen (secondary N) is 1. The third-order valence-electron chi connectivity index (χ3n) is 8.75. The second kappa shape index (κ2) is 12.1. The van der Waals surface area contributed by atoms with Crippen LogP contribution in [0.5, 0.6) is 11.6 Å². The van der Waals surface area contributed by atoms with E-state index in [2.05, 4.69) is 20.0 Å². The lowest BCUT2D eigenvalue weighted by Gasteiger charge is -2.35. The molecule has 1 aliphatic carbocycles. The van der Waals surface area contributed by atoms with Gasteiger partial charge in [-0.05, 0) is 49.7 Å². The first-order chi connectivity index (χ1) is 21.3. The van der Waals surface area contributed by atoms with Crippen molar-refractivity contribution in [3.8, 4) is 11.6 Å². The van der Waals surface area contributed by atoms with Gasteiger partial charge in [-0.1, -0.05) is 34.1 Å². The first-order valence-corrected chi connectivity index (χ1v) is 15.2. The van der Waals surface area contributed by atoms with Gasteiger partial charge in [-0.25, -0.2) is 14.8 Å². The predicted molar refractivity (Wildman–Crippen MR) is 153 cm³/mol. The Morgan fingerprint density at radius 1 is 1.07 bits per heavy atom. The topological polar surface area (TPSA) is 120 Å². The van der Waals surface area contributed by atoms with Gasteiger partial charge >= 0.3 is 12.5 Å². The SMILES string of the molecule is CC(=O)[C@@H]1[C@H](C)[C@@H]2CN1C(=O)[C@H](C(C)(C)C)NC(=O)O[C@@H]1C[C@H]1CCCCC(F)(F)c1nc3ccc(OC(F)(F)F)cc3nc1O2. The van der Waals surface area contributed by atoms with Crippen LogP contribution in [0.15, 0.2) is 18.2 Å². The molecule has 0 radical (unpaired) electrons. The standard InChI is InChI=1S/C31H37F5N4O6/c1-15-22-14-40(23(15)16(2)41)27(42)25(29(3,4)5)39-28(43)45-21-12-17(21)8-6-7-11-30(32,33)24-26(44-22)38-20-13-18(46-31(34,35)36)9-10-19(20)37-24/h9-10,13,15,17,21-23,25H,6-8,11-12,14H2,1-5H3,(H,39,43)/t15-,17-,21-,22+,23+,25-/m1/s1. The van der Waals surface area contributed by atoms with Gasteiger partial charge in [-0.3, -0.25) is 9.59 Å². The first-order valence-electron chi connectivity index (χ1n) is 15.2. The van der Waals surface area contributed by atoms with E-state index in [-0.39, 0.29) is 29.9 Å². The van der Waals surface area contributed by atoms with Crippen LogP contribution in [0.4, 0.5) is 26.7 Å². The zero-order chi connectivity index (χ0) is 33.8. The number of fused-ring (bicyclic) bond motifs is 5. The lowest BCUT2D eigenvalue weighted by Crippen LogP contribution is -2.57. The number of halogens is 5. The molecule has 46 heavy (non-hydrogen) atoms. The van der Waals surface area contributed by atoms with Crippen molar-refractivity contribution in [2.75, 3.05) is 6.54 Å². The minimum absolute atomic E-state index is 0.00297. The maximum Gasteiger partial charge on any atom is 0.573 e. The number of alkyl halides is 5. The molecular formula is C31H37F5N4O6. The highest BCUT2D eigenvalue weighted by molar-refractivity contribution is 5.92. The molecule has 3 heterocycles. The van der Waals surface area contributed by atoms with Crippen LogP contribution < -0.4 is 14.8 Å². The lowest BCUT2D eigenvalue weighted by atomic mass is 9.85. The van der Waals surface area contributed by atoms with Crippen molar-refractivity contribution in [3.05, 3.63) is 23.9 Å². The minimum Gasteiger partial charge on any atom is -0.471 e. The molecule has 2 aliphatic heterocycles. The molecule has 0 spiro atoms. The second-order valence-corrected chi connectivity index (χ2v) is 13.5. The van der Waals surface area contributed by atoms with Crippen LogP contribution in [0.3, 0.4) is 0 Å². The Bertz CT molecular complexity index is 1510. The monoisotopic (exact) mass is 656 g/mol. The fourth-order valence-electron chi connectivity index (χ4n) is 6.24. The lowest BCUT2D eigenvalue weighted by molar-refractivity contribution is -0.274. The highest BCUT2D eigenvalue weighted by Gasteiger charge is 2.50. The van der Waals surface area contributed by atoms with E-state index in [0.29, 0.717) is 19.3 Å². The van der Waals surface area contributed by atoms with Crippen LogP contribution in [-0.2, 0) is 20.2 Å². The smallest absolute Gasteiger partial charge is 0.471 e. The number of hydrogen-bond donors (Lipinski definition) is 1. The summed E-state index contributed by atoms with van der Waals surface area (Å²) in [6, 6.07) is 0.842. The molecule has 1 saturated heterocycles. The number of aromatic nitrogens is 2. The maximum atomic E-state index is 15.9. The van der Waals surface area contributed by atoms with E-state index >= 15 is 8.78 Å². The van der Waals surface area contributed by atoms with Gasteiger partial charge in [-0.2, -0.15) is 8.78 Å². The Kier molecular flexibility index (Phi) is 8.84. The Morgan fingerprint density at radius 3 is 2.43 bits per heavy atom. The molecule has 2 aromatic rings. The Balaban J connectivity index is 1.57. The number of ketones is 1. The van der Waals surface area contributed by atoms with Crippen LogP contribution in [-0.4, -0.2) is 69.9 Å². The number of alkyl carbamates (subject to hydrolysis) is 1. The number of benzene rings is 1. The largest absolute Gasteiger partial charge is 0.573 e. The number of carbonyl (C=O) groups excluding carboxylic acids is 3. The van der Waals surface area contributed by atoms with Crippen LogP contribution in [0.1, 0.15) is 72.4 Å². The van der Waals surface area contributed by atoms with Crippen LogP contribution >= 0.6 is 0 Å². The molecular weight excluding hydrogens is 619 g/mol. The van der Waals surface area contributed by atoms with Crippen LogP contribution in [0.25, 0.3) is 11.0 Å². The number of amides is 2. The number of hydrogen-bond acceptors (Lipinski definition) is 8. The van der Waals surface area contributed by atoms with Gasteiger partial charge in [0.25, 0.3) is 5.92 Å². The first kappa shape index (κ1) is 33.6. The Hall–Kier alpha value is -3.78. The van der Waals surface area contributed by atoms with Crippen molar-refractivity contribution in [1.29, 1.82) is 0 Å². The second-order valence-electron chi connectivity index (χ2n) is 13.5. The molecule has 6 atom stereocenters. The molecule has 15 heteroatoms. The van der Waals surface area contributed by atoms with Crippen LogP contribution in [0, 0.1) is 17.3 Å². The van der Waals surface area contributed by atoms with Gasteiger partial charge in [0.1, 0.15) is 24.0 Å². The summed E-state index contributed by atoms with van der Waals surface area (Å²) < 4.78 is 85.9. The van der Waals surface area contributed by atoms with E-state index in [1.807, 2.05) is 0 Å². The molecule has 0 unspecified atom stereocenters. The number of carbonyl (C=O) groups is 3. The summed E-state index contributed by atoms with van der Waals surface area (Å²) in [5.74, 6) is -6.48. The molecule has 3 aliphatic rings. The zero-order valence-corrected chi connectivity index (χ0v) is 26.1. The normalized spacial score (nSPS) is 29.0. The fourth-order valence-corrected chi connectivity index (χ4v) is 6.24. The van der Waals surface area contributed by atoms with Crippen molar-refractivity contribution >= 4 is 28.8 Å². The van der Waals surface area contributed by atoms with Gasteiger partial charge in [0.05, 0.1) is 23.6 Å². The Morgan fingerprint density at radius 2 is 1.78 bits per heavy atom. The molecule has 1 aromatic carbocycles. The summed E-state index contributed by atoms with van der Waals surface area (Å²) in [5, 5.41) is 2.68. The summed E-state index contributed by atoms with van der Waals surface area (Å²) in [7, 11) is 0. The van der Waals surface area contributed by atoms with Gasteiger partial charge in [0, 0.05) is 18.4 Å². The predicted octanol–water partition coefficient (Wildman–Crippen LogP) is 5.91. The quantitative estimate of drug-likeness (QED) is 0.397. The maximum absolute atomic E-state index is 15.9. The van der Waals surface area contributed by atoms with Gasteiger partial charge in [0.2, 0.25) is 11.8 Å². The highest BCUT2D eigenvalue weighted by atomic mass is 19.4. The van der Waals surface area contributed by atoms with E-state index in [9.17, 15) is 27.6 Å². The molecule has 1 N–H and O–H groups in total. The third-order valence-corrected chi connectivity index (χ3v) is 8.75. The summed E-state index contributed by atoms with van der Waals surface area (Å²) in [4.78, 5) is 49.3. The van der Waals surface area contributed by atoms with E-state index in [1.165, 1.54) is 11.8 Å². The van der Waals surface area contributed by atoms with Gasteiger partial charge in [0.15, 0.2) is 11.5 Å². The van der Waals surface area contributed by atoms with Crippen molar-refractivity contribution in [2.45, 2.75) is 103 Å². The van der Waals surface area contributed by atoms with Gasteiger partial charge < -0.3 is 24.4 Å². The molecule has 5 rings (SSSR count). The number of Topliss-reactive ketones (excluding diaryl/α,β-unsaturated/α-hetero) is 1. The summed E-state index contributed by atoms with van der Waals surface area (Å²) in [5.41, 5.74) is -1.89. The summed E-state index contributed by atoms with van der Waals surface area (Å²) in [6.45, 7) is 7.92. The minimum atomic E-state index is -5.00. The molecule has 1 saturated carbocycles. The van der Waals surface area contributed by atoms with Crippen molar-refractivity contribution in [3.63, 3.8) is 0 Å². The summed E-state index contributed by atoms with van der Waals surface area (Å²) in [6.07, 6.45) is -6.20. The highest BCUT2D eigenvalue weighted by Crippen LogP contribution is 2.43. The molecule has 252 valence electrons. The molecule has 2 amide bonds. The van der Waals surface area contributed by atoms with Crippen LogP contribution in [0.2, 0.25) is 0 Å².